The van der Waals surface area contributed by atoms with Gasteiger partial charge in [-0.2, -0.15) is 0 Å². The number of halogens is 1. The minimum Gasteiger partial charge on any atom is -0.484 e. The van der Waals surface area contributed by atoms with E-state index in [-0.39, 0.29) is 18.3 Å². The first kappa shape index (κ1) is 16.9. The highest BCUT2D eigenvalue weighted by Gasteiger charge is 2.22. The molecule has 0 saturated carbocycles. The Bertz CT molecular complexity index is 681. The van der Waals surface area contributed by atoms with Crippen LogP contribution >= 0.6 is 11.3 Å². The summed E-state index contributed by atoms with van der Waals surface area (Å²) in [6.45, 7) is 5.87. The number of rotatable bonds is 5. The molecule has 128 valence electrons. The van der Waals surface area contributed by atoms with E-state index in [1.54, 1.807) is 11.3 Å². The molecule has 3 rings (SSSR count). The van der Waals surface area contributed by atoms with E-state index in [4.69, 9.17) is 4.74 Å². The molecule has 5 nitrogen and oxygen atoms in total. The fourth-order valence-corrected chi connectivity index (χ4v) is 3.40. The fraction of sp³-hybridized carbons (Fsp3) is 0.412. The Labute approximate surface area is 144 Å². The van der Waals surface area contributed by atoms with E-state index < -0.39 is 0 Å². The van der Waals surface area contributed by atoms with Crippen molar-refractivity contribution < 1.29 is 13.9 Å². The molecular weight excluding hydrogens is 329 g/mol. The van der Waals surface area contributed by atoms with Gasteiger partial charge in [-0.05, 0) is 31.2 Å². The molecule has 2 aromatic rings. The fourth-order valence-electron chi connectivity index (χ4n) is 2.59. The van der Waals surface area contributed by atoms with Crippen molar-refractivity contribution in [2.45, 2.75) is 13.5 Å². The second-order valence-electron chi connectivity index (χ2n) is 5.78. The van der Waals surface area contributed by atoms with Gasteiger partial charge in [0.2, 0.25) is 0 Å². The monoisotopic (exact) mass is 349 g/mol. The molecule has 1 amide bonds. The third-order valence-electron chi connectivity index (χ3n) is 3.93. The van der Waals surface area contributed by atoms with Gasteiger partial charge in [-0.15, -0.1) is 11.3 Å². The van der Waals surface area contributed by atoms with E-state index in [1.807, 2.05) is 11.8 Å². The molecule has 0 spiro atoms. The van der Waals surface area contributed by atoms with Crippen LogP contribution < -0.4 is 4.74 Å². The molecule has 0 unspecified atom stereocenters. The van der Waals surface area contributed by atoms with Crippen LogP contribution in [0.3, 0.4) is 0 Å². The van der Waals surface area contributed by atoms with Crippen LogP contribution in [0.25, 0.3) is 0 Å². The molecule has 1 aromatic heterocycles. The molecule has 7 heteroatoms. The molecule has 0 radical (unpaired) electrons. The molecule has 1 aliphatic rings. The molecule has 24 heavy (non-hydrogen) atoms. The maximum atomic E-state index is 12.8. The number of carbonyl (C=O) groups is 1. The summed E-state index contributed by atoms with van der Waals surface area (Å²) in [5.74, 6) is 0.145. The van der Waals surface area contributed by atoms with Gasteiger partial charge in [0.1, 0.15) is 16.6 Å². The number of hydrogen-bond acceptors (Lipinski definition) is 5. The van der Waals surface area contributed by atoms with Crippen molar-refractivity contribution in [2.75, 3.05) is 32.8 Å². The van der Waals surface area contributed by atoms with Crippen molar-refractivity contribution in [3.63, 3.8) is 0 Å². The number of carbonyl (C=O) groups excluding carboxylic acids is 1. The highest BCUT2D eigenvalue weighted by atomic mass is 32.1. The molecule has 0 N–H and O–H groups in total. The highest BCUT2D eigenvalue weighted by molar-refractivity contribution is 7.09. The summed E-state index contributed by atoms with van der Waals surface area (Å²) in [5.41, 5.74) is 1.06. The number of aryl methyl sites for hydroxylation is 1. The maximum absolute atomic E-state index is 12.8. The van der Waals surface area contributed by atoms with E-state index in [0.717, 1.165) is 30.3 Å². The van der Waals surface area contributed by atoms with Gasteiger partial charge in [0, 0.05) is 37.3 Å². The summed E-state index contributed by atoms with van der Waals surface area (Å²) in [6.07, 6.45) is 0. The Morgan fingerprint density at radius 3 is 2.58 bits per heavy atom. The lowest BCUT2D eigenvalue weighted by molar-refractivity contribution is -0.135. The van der Waals surface area contributed by atoms with Crippen LogP contribution in [-0.4, -0.2) is 53.5 Å². The van der Waals surface area contributed by atoms with Gasteiger partial charge < -0.3 is 9.64 Å². The van der Waals surface area contributed by atoms with Gasteiger partial charge in [-0.1, -0.05) is 0 Å². The lowest BCUT2D eigenvalue weighted by atomic mass is 10.3. The second kappa shape index (κ2) is 7.72. The summed E-state index contributed by atoms with van der Waals surface area (Å²) >= 11 is 1.68. The lowest BCUT2D eigenvalue weighted by Gasteiger charge is -2.34. The first-order chi connectivity index (χ1) is 11.6. The molecule has 1 fully saturated rings. The molecule has 2 heterocycles. The van der Waals surface area contributed by atoms with Crippen molar-refractivity contribution in [1.82, 2.24) is 14.8 Å². The number of piperazine rings is 1. The zero-order valence-electron chi connectivity index (χ0n) is 13.6. The van der Waals surface area contributed by atoms with E-state index in [1.165, 1.54) is 24.3 Å². The van der Waals surface area contributed by atoms with Crippen molar-refractivity contribution in [1.29, 1.82) is 0 Å². The number of aromatic nitrogens is 1. The molecule has 0 atom stereocenters. The van der Waals surface area contributed by atoms with Crippen LogP contribution in [0.15, 0.2) is 29.6 Å². The third-order valence-corrected chi connectivity index (χ3v) is 4.88. The average molecular weight is 349 g/mol. The summed E-state index contributed by atoms with van der Waals surface area (Å²) in [7, 11) is 0. The van der Waals surface area contributed by atoms with Crippen molar-refractivity contribution in [3.8, 4) is 5.75 Å². The minimum absolute atomic E-state index is 0.0166. The Balaban J connectivity index is 1.42. The van der Waals surface area contributed by atoms with Crippen LogP contribution in [0.1, 0.15) is 10.7 Å². The zero-order chi connectivity index (χ0) is 16.9. The second-order valence-corrected chi connectivity index (χ2v) is 6.72. The van der Waals surface area contributed by atoms with Gasteiger partial charge in [0.25, 0.3) is 5.91 Å². The molecule has 1 aromatic carbocycles. The number of ether oxygens (including phenoxy) is 1. The van der Waals surface area contributed by atoms with Gasteiger partial charge in [0.15, 0.2) is 6.61 Å². The van der Waals surface area contributed by atoms with E-state index in [0.29, 0.717) is 18.8 Å². The van der Waals surface area contributed by atoms with Crippen LogP contribution in [0, 0.1) is 12.7 Å². The molecule has 1 saturated heterocycles. The zero-order valence-corrected chi connectivity index (χ0v) is 14.4. The van der Waals surface area contributed by atoms with Crippen LogP contribution in [0.5, 0.6) is 5.75 Å². The van der Waals surface area contributed by atoms with E-state index >= 15 is 0 Å². The largest absolute Gasteiger partial charge is 0.484 e. The van der Waals surface area contributed by atoms with Crippen LogP contribution in [0.2, 0.25) is 0 Å². The van der Waals surface area contributed by atoms with Crippen LogP contribution in [-0.2, 0) is 11.3 Å². The molecular formula is C17H20FN3O2S. The van der Waals surface area contributed by atoms with E-state index in [2.05, 4.69) is 15.3 Å². The Morgan fingerprint density at radius 1 is 1.25 bits per heavy atom. The predicted molar refractivity (Wildman–Crippen MR) is 90.6 cm³/mol. The first-order valence-corrected chi connectivity index (χ1v) is 8.77. The number of thiazole rings is 1. The van der Waals surface area contributed by atoms with Gasteiger partial charge >= 0.3 is 0 Å². The summed E-state index contributed by atoms with van der Waals surface area (Å²) in [4.78, 5) is 20.8. The standard InChI is InChI=1S/C17H20FN3O2S/c1-13-12-24-16(19-13)10-20-6-8-21(9-7-20)17(22)11-23-15-4-2-14(18)3-5-15/h2-5,12H,6-11H2,1H3. The molecule has 1 aliphatic heterocycles. The normalized spacial score (nSPS) is 15.5. The SMILES string of the molecule is Cc1csc(CN2CCN(C(=O)COc3ccc(F)cc3)CC2)n1. The summed E-state index contributed by atoms with van der Waals surface area (Å²) in [6, 6.07) is 5.69. The average Bonchev–Trinajstić information content (AvgIpc) is 2.99. The third kappa shape index (κ3) is 4.52. The summed E-state index contributed by atoms with van der Waals surface area (Å²) < 4.78 is 18.3. The van der Waals surface area contributed by atoms with Crippen LogP contribution in [0.4, 0.5) is 4.39 Å². The number of benzene rings is 1. The van der Waals surface area contributed by atoms with E-state index in [9.17, 15) is 9.18 Å². The summed E-state index contributed by atoms with van der Waals surface area (Å²) in [5, 5.41) is 3.17. The topological polar surface area (TPSA) is 45.7 Å². The van der Waals surface area contributed by atoms with Crippen molar-refractivity contribution >= 4 is 17.2 Å². The number of amides is 1. The number of nitrogens with zero attached hydrogens (tertiary/aromatic N) is 3. The van der Waals surface area contributed by atoms with Gasteiger partial charge in [-0.25, -0.2) is 9.37 Å². The highest BCUT2D eigenvalue weighted by Crippen LogP contribution is 2.14. The smallest absolute Gasteiger partial charge is 0.260 e. The lowest BCUT2D eigenvalue weighted by Crippen LogP contribution is -2.49. The Hall–Kier alpha value is -1.99. The Kier molecular flexibility index (Phi) is 5.42. The van der Waals surface area contributed by atoms with Crippen molar-refractivity contribution in [3.05, 3.63) is 46.2 Å². The number of hydrogen-bond donors (Lipinski definition) is 0. The minimum atomic E-state index is -0.319. The maximum Gasteiger partial charge on any atom is 0.260 e. The van der Waals surface area contributed by atoms with Gasteiger partial charge in [-0.3, -0.25) is 9.69 Å². The molecule has 0 bridgehead atoms. The Morgan fingerprint density at radius 2 is 1.96 bits per heavy atom. The quantitative estimate of drug-likeness (QED) is 0.831. The predicted octanol–water partition coefficient (Wildman–Crippen LogP) is 2.31. The van der Waals surface area contributed by atoms with Gasteiger partial charge in [0.05, 0.1) is 6.54 Å². The first-order valence-electron chi connectivity index (χ1n) is 7.89. The van der Waals surface area contributed by atoms with Crippen molar-refractivity contribution in [2.24, 2.45) is 0 Å². The molecule has 0 aliphatic carbocycles.